The molecule has 2 N–H and O–H groups in total. The van der Waals surface area contributed by atoms with Gasteiger partial charge in [0.15, 0.2) is 23.0 Å². The van der Waals surface area contributed by atoms with Gasteiger partial charge in [-0.25, -0.2) is 0 Å². The van der Waals surface area contributed by atoms with Crippen LogP contribution < -0.4 is 9.47 Å². The van der Waals surface area contributed by atoms with Crippen LogP contribution in [0.15, 0.2) is 36.4 Å². The largest absolute Gasteiger partial charge is 0.504 e. The number of rotatable bonds is 8. The molecule has 0 aromatic heterocycles. The first-order valence-electron chi connectivity index (χ1n) is 7.43. The second kappa shape index (κ2) is 8.29. The summed E-state index contributed by atoms with van der Waals surface area (Å²) in [6, 6.07) is 10.7. The van der Waals surface area contributed by atoms with Gasteiger partial charge in [0.1, 0.15) is 0 Å². The Morgan fingerprint density at radius 1 is 0.739 bits per heavy atom. The van der Waals surface area contributed by atoms with Gasteiger partial charge in [-0.2, -0.15) is 0 Å². The lowest BCUT2D eigenvalue weighted by molar-refractivity contribution is 0.140. The Bertz CT molecular complexity index is 584. The lowest BCUT2D eigenvalue weighted by atomic mass is 10.1. The van der Waals surface area contributed by atoms with Crippen molar-refractivity contribution in [2.75, 3.05) is 27.4 Å². The molecule has 0 atom stereocenters. The van der Waals surface area contributed by atoms with Gasteiger partial charge < -0.3 is 24.4 Å². The second-order valence-corrected chi connectivity index (χ2v) is 5.12. The van der Waals surface area contributed by atoms with E-state index in [0.29, 0.717) is 37.6 Å². The molecule has 5 nitrogen and oxygen atoms in total. The maximum Gasteiger partial charge on any atom is 0.160 e. The Kier molecular flexibility index (Phi) is 6.11. The summed E-state index contributed by atoms with van der Waals surface area (Å²) in [6.45, 7) is 1.13. The molecular weight excluding hydrogens is 296 g/mol. The van der Waals surface area contributed by atoms with Gasteiger partial charge in [-0.3, -0.25) is 0 Å². The number of aromatic hydroxyl groups is 2. The van der Waals surface area contributed by atoms with Crippen molar-refractivity contribution in [1.82, 2.24) is 0 Å². The van der Waals surface area contributed by atoms with Crippen molar-refractivity contribution < 1.29 is 24.4 Å². The van der Waals surface area contributed by atoms with Gasteiger partial charge in [-0.05, 0) is 48.2 Å². The summed E-state index contributed by atoms with van der Waals surface area (Å²) in [7, 11) is 3.05. The number of hydrogen-bond donors (Lipinski definition) is 2. The first kappa shape index (κ1) is 17.0. The van der Waals surface area contributed by atoms with Crippen LogP contribution in [0, 0.1) is 0 Å². The fraction of sp³-hybridized carbons (Fsp3) is 0.333. The average molecular weight is 318 g/mol. The van der Waals surface area contributed by atoms with E-state index in [-0.39, 0.29) is 11.5 Å². The molecule has 2 rings (SSSR count). The highest BCUT2D eigenvalue weighted by Crippen LogP contribution is 2.27. The molecule has 124 valence electrons. The minimum atomic E-state index is 0.138. The Balaban J connectivity index is 1.73. The van der Waals surface area contributed by atoms with E-state index in [2.05, 4.69) is 0 Å². The molecule has 0 fully saturated rings. The molecule has 0 aliphatic heterocycles. The minimum absolute atomic E-state index is 0.138. The van der Waals surface area contributed by atoms with E-state index in [1.165, 1.54) is 14.2 Å². The number of phenols is 2. The van der Waals surface area contributed by atoms with Gasteiger partial charge in [0.05, 0.1) is 27.4 Å². The van der Waals surface area contributed by atoms with Crippen molar-refractivity contribution in [3.8, 4) is 23.0 Å². The van der Waals surface area contributed by atoms with Gasteiger partial charge in [-0.15, -0.1) is 0 Å². The summed E-state index contributed by atoms with van der Waals surface area (Å²) in [5, 5.41) is 19.4. The van der Waals surface area contributed by atoms with Crippen LogP contribution in [-0.4, -0.2) is 37.6 Å². The zero-order valence-corrected chi connectivity index (χ0v) is 13.4. The molecule has 0 heterocycles. The summed E-state index contributed by atoms with van der Waals surface area (Å²) in [5.41, 5.74) is 1.98. The third-order valence-corrected chi connectivity index (χ3v) is 3.56. The van der Waals surface area contributed by atoms with Crippen LogP contribution in [0.1, 0.15) is 11.1 Å². The van der Waals surface area contributed by atoms with Crippen LogP contribution in [0.2, 0.25) is 0 Å². The zero-order chi connectivity index (χ0) is 16.7. The Morgan fingerprint density at radius 2 is 1.17 bits per heavy atom. The number of phenolic OH excluding ortho intramolecular Hbond substituents is 2. The molecule has 0 unspecified atom stereocenters. The highest BCUT2D eigenvalue weighted by atomic mass is 16.5. The first-order valence-corrected chi connectivity index (χ1v) is 7.43. The van der Waals surface area contributed by atoms with Crippen LogP contribution in [-0.2, 0) is 17.6 Å². The van der Waals surface area contributed by atoms with E-state index in [9.17, 15) is 10.2 Å². The van der Waals surface area contributed by atoms with Gasteiger partial charge >= 0.3 is 0 Å². The number of methoxy groups -OCH3 is 2. The molecule has 0 saturated carbocycles. The molecule has 2 aromatic carbocycles. The number of ether oxygens (including phenoxy) is 3. The summed E-state index contributed by atoms with van der Waals surface area (Å²) in [6.07, 6.45) is 1.43. The van der Waals surface area contributed by atoms with Crippen LogP contribution in [0.3, 0.4) is 0 Å². The van der Waals surface area contributed by atoms with E-state index in [1.807, 2.05) is 12.1 Å². The van der Waals surface area contributed by atoms with Crippen molar-refractivity contribution in [3.63, 3.8) is 0 Å². The Labute approximate surface area is 136 Å². The summed E-state index contributed by atoms with van der Waals surface area (Å²) in [5.74, 6) is 1.21. The maximum atomic E-state index is 9.71. The molecule has 2 aromatic rings. The van der Waals surface area contributed by atoms with Crippen molar-refractivity contribution in [2.45, 2.75) is 12.8 Å². The summed E-state index contributed by atoms with van der Waals surface area (Å²) < 4.78 is 15.6. The van der Waals surface area contributed by atoms with Gasteiger partial charge in [0, 0.05) is 0 Å². The molecule has 0 spiro atoms. The molecule has 5 heteroatoms. The van der Waals surface area contributed by atoms with Crippen LogP contribution in [0.5, 0.6) is 23.0 Å². The van der Waals surface area contributed by atoms with Crippen LogP contribution in [0.4, 0.5) is 0 Å². The standard InChI is InChI=1S/C18H22O5/c1-21-17-5-3-13(11-15(17)19)7-9-23-10-8-14-4-6-18(22-2)16(20)12-14/h3-6,11-12,19-20H,7-10H2,1-2H3. The fourth-order valence-electron chi connectivity index (χ4n) is 2.26. The van der Waals surface area contributed by atoms with Crippen molar-refractivity contribution in [1.29, 1.82) is 0 Å². The van der Waals surface area contributed by atoms with E-state index < -0.39 is 0 Å². The quantitative estimate of drug-likeness (QED) is 0.733. The summed E-state index contributed by atoms with van der Waals surface area (Å²) in [4.78, 5) is 0. The van der Waals surface area contributed by atoms with Gasteiger partial charge in [0.25, 0.3) is 0 Å². The van der Waals surface area contributed by atoms with Gasteiger partial charge in [0.2, 0.25) is 0 Å². The molecule has 0 bridgehead atoms. The lowest BCUT2D eigenvalue weighted by Gasteiger charge is -2.08. The van der Waals surface area contributed by atoms with Crippen molar-refractivity contribution in [3.05, 3.63) is 47.5 Å². The third kappa shape index (κ3) is 4.79. The SMILES string of the molecule is COc1ccc(CCOCCc2ccc(OC)c(O)c2)cc1O. The molecule has 0 aliphatic carbocycles. The topological polar surface area (TPSA) is 68.2 Å². The maximum absolute atomic E-state index is 9.71. The minimum Gasteiger partial charge on any atom is -0.504 e. The highest BCUT2D eigenvalue weighted by molar-refractivity contribution is 5.42. The zero-order valence-electron chi connectivity index (χ0n) is 13.4. The summed E-state index contributed by atoms with van der Waals surface area (Å²) >= 11 is 0. The lowest BCUT2D eigenvalue weighted by Crippen LogP contribution is -2.03. The average Bonchev–Trinajstić information content (AvgIpc) is 2.55. The molecular formula is C18H22O5. The first-order chi connectivity index (χ1) is 11.1. The monoisotopic (exact) mass is 318 g/mol. The third-order valence-electron chi connectivity index (χ3n) is 3.56. The normalized spacial score (nSPS) is 10.5. The molecule has 0 radical (unpaired) electrons. The van der Waals surface area contributed by atoms with Gasteiger partial charge in [-0.1, -0.05) is 12.1 Å². The second-order valence-electron chi connectivity index (χ2n) is 5.12. The van der Waals surface area contributed by atoms with E-state index in [0.717, 1.165) is 11.1 Å². The van der Waals surface area contributed by atoms with Crippen LogP contribution >= 0.6 is 0 Å². The predicted octanol–water partition coefficient (Wildman–Crippen LogP) is 2.92. The fourth-order valence-corrected chi connectivity index (χ4v) is 2.26. The number of hydrogen-bond acceptors (Lipinski definition) is 5. The van der Waals surface area contributed by atoms with E-state index >= 15 is 0 Å². The molecule has 0 aliphatic rings. The van der Waals surface area contributed by atoms with Crippen LogP contribution in [0.25, 0.3) is 0 Å². The number of benzene rings is 2. The van der Waals surface area contributed by atoms with E-state index in [4.69, 9.17) is 14.2 Å². The van der Waals surface area contributed by atoms with E-state index in [1.54, 1.807) is 24.3 Å². The smallest absolute Gasteiger partial charge is 0.160 e. The Morgan fingerprint density at radius 3 is 1.52 bits per heavy atom. The van der Waals surface area contributed by atoms with Crippen molar-refractivity contribution in [2.24, 2.45) is 0 Å². The predicted molar refractivity (Wildman–Crippen MR) is 87.5 cm³/mol. The highest BCUT2D eigenvalue weighted by Gasteiger charge is 2.04. The molecule has 23 heavy (non-hydrogen) atoms. The Hall–Kier alpha value is -2.40. The van der Waals surface area contributed by atoms with Crippen molar-refractivity contribution >= 4 is 0 Å². The molecule has 0 saturated heterocycles. The molecule has 0 amide bonds.